The van der Waals surface area contributed by atoms with Crippen LogP contribution in [0.1, 0.15) is 10.4 Å². The van der Waals surface area contributed by atoms with E-state index in [2.05, 4.69) is 25.1 Å². The number of amides is 1. The first-order chi connectivity index (χ1) is 12.8. The number of pyridine rings is 2. The molecule has 0 spiro atoms. The summed E-state index contributed by atoms with van der Waals surface area (Å²) in [5.41, 5.74) is 2.42. The molecule has 0 radical (unpaired) electrons. The van der Waals surface area contributed by atoms with Gasteiger partial charge in [0.25, 0.3) is 5.91 Å². The van der Waals surface area contributed by atoms with Gasteiger partial charge in [-0.3, -0.25) is 14.8 Å². The normalized spacial score (nSPS) is 14.3. The summed E-state index contributed by atoms with van der Waals surface area (Å²) in [5, 5.41) is 8.65. The van der Waals surface area contributed by atoms with Gasteiger partial charge < -0.3 is 9.80 Å². The van der Waals surface area contributed by atoms with E-state index >= 15 is 0 Å². The van der Waals surface area contributed by atoms with Gasteiger partial charge in [0.1, 0.15) is 0 Å². The maximum atomic E-state index is 12.5. The second kappa shape index (κ2) is 7.26. The number of aromatic nitrogens is 4. The Kier molecular flexibility index (Phi) is 4.51. The standard InChI is InChI=1S/C19H18N6O/c26-19(15-5-8-20-9-6-15)25-12-10-24(11-13-25)18-4-3-17(22-23-18)16-2-1-7-21-14-16/h1-9,14H,10-13H2. The van der Waals surface area contributed by atoms with Crippen molar-refractivity contribution in [3.63, 3.8) is 0 Å². The van der Waals surface area contributed by atoms with E-state index in [4.69, 9.17) is 0 Å². The van der Waals surface area contributed by atoms with Gasteiger partial charge in [0.15, 0.2) is 5.82 Å². The fourth-order valence-electron chi connectivity index (χ4n) is 2.98. The topological polar surface area (TPSA) is 75.1 Å². The lowest BCUT2D eigenvalue weighted by Gasteiger charge is -2.35. The van der Waals surface area contributed by atoms with Crippen molar-refractivity contribution < 1.29 is 4.79 Å². The number of hydrogen-bond donors (Lipinski definition) is 0. The van der Waals surface area contributed by atoms with Crippen molar-refractivity contribution in [3.8, 4) is 11.3 Å². The van der Waals surface area contributed by atoms with E-state index < -0.39 is 0 Å². The molecule has 7 heteroatoms. The van der Waals surface area contributed by atoms with Gasteiger partial charge in [-0.2, -0.15) is 0 Å². The number of piperazine rings is 1. The molecule has 26 heavy (non-hydrogen) atoms. The van der Waals surface area contributed by atoms with Gasteiger partial charge in [-0.05, 0) is 36.4 Å². The van der Waals surface area contributed by atoms with E-state index in [1.165, 1.54) is 0 Å². The monoisotopic (exact) mass is 346 g/mol. The molecule has 7 nitrogen and oxygen atoms in total. The molecule has 1 amide bonds. The zero-order valence-corrected chi connectivity index (χ0v) is 14.2. The molecule has 0 atom stereocenters. The molecular formula is C19H18N6O. The predicted octanol–water partition coefficient (Wildman–Crippen LogP) is 1.90. The average molecular weight is 346 g/mol. The van der Waals surface area contributed by atoms with E-state index in [1.54, 1.807) is 36.9 Å². The van der Waals surface area contributed by atoms with Crippen LogP contribution in [0.5, 0.6) is 0 Å². The van der Waals surface area contributed by atoms with E-state index in [9.17, 15) is 4.79 Å². The van der Waals surface area contributed by atoms with Gasteiger partial charge in [0.05, 0.1) is 5.69 Å². The first kappa shape index (κ1) is 16.1. The van der Waals surface area contributed by atoms with Gasteiger partial charge >= 0.3 is 0 Å². The van der Waals surface area contributed by atoms with E-state index in [-0.39, 0.29) is 5.91 Å². The predicted molar refractivity (Wildman–Crippen MR) is 97.6 cm³/mol. The summed E-state index contributed by atoms with van der Waals surface area (Å²) in [6, 6.07) is 11.3. The second-order valence-corrected chi connectivity index (χ2v) is 6.03. The first-order valence-corrected chi connectivity index (χ1v) is 8.49. The highest BCUT2D eigenvalue weighted by atomic mass is 16.2. The molecule has 0 aliphatic carbocycles. The van der Waals surface area contributed by atoms with Gasteiger partial charge in [0.2, 0.25) is 0 Å². The van der Waals surface area contributed by atoms with E-state index in [0.717, 1.165) is 30.2 Å². The zero-order valence-electron chi connectivity index (χ0n) is 14.2. The fraction of sp³-hybridized carbons (Fsp3) is 0.211. The maximum absolute atomic E-state index is 12.5. The Hall–Kier alpha value is -3.35. The van der Waals surface area contributed by atoms with Crippen LogP contribution in [-0.4, -0.2) is 57.2 Å². The third-order valence-corrected chi connectivity index (χ3v) is 4.43. The minimum absolute atomic E-state index is 0.0464. The molecule has 1 aliphatic rings. The molecule has 1 aliphatic heterocycles. The van der Waals surface area contributed by atoms with E-state index in [0.29, 0.717) is 18.7 Å². The molecule has 0 unspecified atom stereocenters. The smallest absolute Gasteiger partial charge is 0.254 e. The number of rotatable bonds is 3. The first-order valence-electron chi connectivity index (χ1n) is 8.49. The molecule has 1 fully saturated rings. The Bertz CT molecular complexity index is 862. The highest BCUT2D eigenvalue weighted by molar-refractivity contribution is 5.94. The van der Waals surface area contributed by atoms with Crippen molar-refractivity contribution in [3.05, 3.63) is 66.7 Å². The highest BCUT2D eigenvalue weighted by Gasteiger charge is 2.23. The molecule has 130 valence electrons. The minimum Gasteiger partial charge on any atom is -0.352 e. The summed E-state index contributed by atoms with van der Waals surface area (Å²) in [7, 11) is 0. The molecule has 0 N–H and O–H groups in total. The third kappa shape index (κ3) is 3.37. The molecule has 0 aromatic carbocycles. The van der Waals surface area contributed by atoms with Gasteiger partial charge in [-0.15, -0.1) is 10.2 Å². The summed E-state index contributed by atoms with van der Waals surface area (Å²) in [6.45, 7) is 2.79. The van der Waals surface area contributed by atoms with Gasteiger partial charge in [-0.1, -0.05) is 0 Å². The average Bonchev–Trinajstić information content (AvgIpc) is 2.75. The highest BCUT2D eigenvalue weighted by Crippen LogP contribution is 2.19. The molecular weight excluding hydrogens is 328 g/mol. The number of nitrogens with zero attached hydrogens (tertiary/aromatic N) is 6. The summed E-state index contributed by atoms with van der Waals surface area (Å²) in [6.07, 6.45) is 6.79. The molecule has 3 aromatic heterocycles. The van der Waals surface area contributed by atoms with E-state index in [1.807, 2.05) is 29.2 Å². The van der Waals surface area contributed by atoms with Crippen molar-refractivity contribution in [2.45, 2.75) is 0 Å². The Balaban J connectivity index is 1.40. The van der Waals surface area contributed by atoms with Crippen molar-refractivity contribution in [2.75, 3.05) is 31.1 Å². The SMILES string of the molecule is O=C(c1ccncc1)N1CCN(c2ccc(-c3cccnc3)nn2)CC1. The van der Waals surface area contributed by atoms with Crippen LogP contribution in [0.15, 0.2) is 61.2 Å². The molecule has 0 saturated carbocycles. The zero-order chi connectivity index (χ0) is 17.8. The van der Waals surface area contributed by atoms with Crippen LogP contribution >= 0.6 is 0 Å². The van der Waals surface area contributed by atoms with Crippen LogP contribution < -0.4 is 4.90 Å². The van der Waals surface area contributed by atoms with Gasteiger partial charge in [-0.25, -0.2) is 0 Å². The number of carbonyl (C=O) groups is 1. The van der Waals surface area contributed by atoms with Crippen LogP contribution in [0.25, 0.3) is 11.3 Å². The molecule has 0 bridgehead atoms. The quantitative estimate of drug-likeness (QED) is 0.721. The number of carbonyl (C=O) groups excluding carboxylic acids is 1. The molecule has 4 rings (SSSR count). The second-order valence-electron chi connectivity index (χ2n) is 6.03. The minimum atomic E-state index is 0.0464. The van der Waals surface area contributed by atoms with Crippen molar-refractivity contribution >= 4 is 11.7 Å². The summed E-state index contributed by atoms with van der Waals surface area (Å²) in [4.78, 5) is 24.6. The lowest BCUT2D eigenvalue weighted by atomic mass is 10.2. The summed E-state index contributed by atoms with van der Waals surface area (Å²) in [5.74, 6) is 0.874. The van der Waals surface area contributed by atoms with Crippen LogP contribution in [0.4, 0.5) is 5.82 Å². The molecule has 4 heterocycles. The van der Waals surface area contributed by atoms with Crippen LogP contribution in [0, 0.1) is 0 Å². The summed E-state index contributed by atoms with van der Waals surface area (Å²) < 4.78 is 0. The Labute approximate surface area is 151 Å². The van der Waals surface area contributed by atoms with Crippen molar-refractivity contribution in [1.82, 2.24) is 25.1 Å². The van der Waals surface area contributed by atoms with Crippen LogP contribution in [0.2, 0.25) is 0 Å². The third-order valence-electron chi connectivity index (χ3n) is 4.43. The molecule has 1 saturated heterocycles. The number of hydrogen-bond acceptors (Lipinski definition) is 6. The Morgan fingerprint density at radius 3 is 2.31 bits per heavy atom. The number of anilines is 1. The fourth-order valence-corrected chi connectivity index (χ4v) is 2.98. The van der Waals surface area contributed by atoms with Crippen molar-refractivity contribution in [2.24, 2.45) is 0 Å². The molecule has 3 aromatic rings. The summed E-state index contributed by atoms with van der Waals surface area (Å²) >= 11 is 0. The Morgan fingerprint density at radius 2 is 1.65 bits per heavy atom. The lowest BCUT2D eigenvalue weighted by molar-refractivity contribution is 0.0746. The van der Waals surface area contributed by atoms with Crippen LogP contribution in [0.3, 0.4) is 0 Å². The van der Waals surface area contributed by atoms with Gasteiger partial charge in [0, 0.05) is 62.1 Å². The Morgan fingerprint density at radius 1 is 0.846 bits per heavy atom. The van der Waals surface area contributed by atoms with Crippen molar-refractivity contribution in [1.29, 1.82) is 0 Å². The maximum Gasteiger partial charge on any atom is 0.254 e. The van der Waals surface area contributed by atoms with Crippen LogP contribution in [-0.2, 0) is 0 Å². The lowest BCUT2D eigenvalue weighted by Crippen LogP contribution is -2.49. The largest absolute Gasteiger partial charge is 0.352 e.